The van der Waals surface area contributed by atoms with Gasteiger partial charge < -0.3 is 4.74 Å². The fraction of sp³-hybridized carbons (Fsp3) is 0.455. The molecule has 1 aromatic rings. The molecule has 0 saturated carbocycles. The minimum atomic E-state index is -2.79. The Hall–Kier alpha value is -1.12. The van der Waals surface area contributed by atoms with Crippen LogP contribution in [-0.4, -0.2) is 6.61 Å². The molecule has 0 N–H and O–H groups in total. The zero-order valence-corrected chi connectivity index (χ0v) is 8.47. The molecule has 1 nitrogen and oxygen atoms in total. The summed E-state index contributed by atoms with van der Waals surface area (Å²) in [6, 6.07) is 7.63. The summed E-state index contributed by atoms with van der Waals surface area (Å²) >= 11 is 0. The molecule has 0 aliphatic carbocycles. The third kappa shape index (κ3) is 2.98. The topological polar surface area (TPSA) is 9.23 Å². The van der Waals surface area contributed by atoms with E-state index >= 15 is 0 Å². The van der Waals surface area contributed by atoms with E-state index in [4.69, 9.17) is 0 Å². The van der Waals surface area contributed by atoms with Gasteiger partial charge in [0.25, 0.3) is 0 Å². The molecular formula is C11H13F2O. The molecule has 14 heavy (non-hydrogen) atoms. The van der Waals surface area contributed by atoms with E-state index in [-0.39, 0.29) is 11.2 Å². The lowest BCUT2D eigenvalue weighted by Gasteiger charge is -2.18. The van der Waals surface area contributed by atoms with Crippen LogP contribution < -0.4 is 4.74 Å². The average molecular weight is 199 g/mol. The number of benzene rings is 1. The van der Waals surface area contributed by atoms with Crippen LogP contribution in [0.1, 0.15) is 26.3 Å². The van der Waals surface area contributed by atoms with Gasteiger partial charge in [-0.25, -0.2) is 0 Å². The van der Waals surface area contributed by atoms with Crippen LogP contribution in [0.4, 0.5) is 8.78 Å². The number of halogens is 2. The van der Waals surface area contributed by atoms with Gasteiger partial charge in [-0.3, -0.25) is 0 Å². The minimum Gasteiger partial charge on any atom is -0.434 e. The van der Waals surface area contributed by atoms with E-state index in [1.807, 2.05) is 20.8 Å². The summed E-state index contributed by atoms with van der Waals surface area (Å²) in [5, 5.41) is 0. The van der Waals surface area contributed by atoms with Gasteiger partial charge in [-0.1, -0.05) is 26.8 Å². The third-order valence-corrected chi connectivity index (χ3v) is 1.87. The summed E-state index contributed by atoms with van der Waals surface area (Å²) in [6.07, 6.45) is 0. The minimum absolute atomic E-state index is 0.000138. The molecule has 0 unspecified atom stereocenters. The smallest absolute Gasteiger partial charge is 0.387 e. The number of rotatable bonds is 2. The molecule has 1 radical (unpaired) electrons. The summed E-state index contributed by atoms with van der Waals surface area (Å²) < 4.78 is 27.8. The summed E-state index contributed by atoms with van der Waals surface area (Å²) in [5.41, 5.74) is 1.04. The molecule has 0 saturated heterocycles. The average Bonchev–Trinajstić information content (AvgIpc) is 2.02. The normalized spacial score (nSPS) is 11.9. The fourth-order valence-corrected chi connectivity index (χ4v) is 1.05. The van der Waals surface area contributed by atoms with Gasteiger partial charge in [0.2, 0.25) is 0 Å². The Bertz CT molecular complexity index is 285. The van der Waals surface area contributed by atoms with Gasteiger partial charge in [0.15, 0.2) is 0 Å². The maximum absolute atomic E-state index is 11.8. The number of hydrogen-bond acceptors (Lipinski definition) is 1. The van der Waals surface area contributed by atoms with Crippen molar-refractivity contribution < 1.29 is 13.5 Å². The Morgan fingerprint density at radius 2 is 1.93 bits per heavy atom. The molecule has 0 atom stereocenters. The van der Waals surface area contributed by atoms with Crippen molar-refractivity contribution in [3.05, 3.63) is 29.8 Å². The van der Waals surface area contributed by atoms with Crippen molar-refractivity contribution in [2.45, 2.75) is 32.8 Å². The predicted octanol–water partition coefficient (Wildman–Crippen LogP) is 3.39. The van der Waals surface area contributed by atoms with Crippen molar-refractivity contribution in [3.63, 3.8) is 0 Å². The highest BCUT2D eigenvalue weighted by Crippen LogP contribution is 2.24. The maximum Gasteiger partial charge on any atom is 0.387 e. The third-order valence-electron chi connectivity index (χ3n) is 1.87. The quantitative estimate of drug-likeness (QED) is 0.709. The first-order valence-corrected chi connectivity index (χ1v) is 4.36. The second-order valence-electron chi connectivity index (χ2n) is 4.07. The largest absolute Gasteiger partial charge is 0.434 e. The lowest BCUT2D eigenvalue weighted by molar-refractivity contribution is -0.0500. The van der Waals surface area contributed by atoms with Gasteiger partial charge in [0.1, 0.15) is 5.75 Å². The monoisotopic (exact) mass is 199 g/mol. The molecule has 0 aliphatic rings. The van der Waals surface area contributed by atoms with E-state index in [1.54, 1.807) is 12.1 Å². The molecule has 0 spiro atoms. The Morgan fingerprint density at radius 1 is 1.29 bits per heavy atom. The molecule has 1 aromatic carbocycles. The Morgan fingerprint density at radius 3 is 2.29 bits per heavy atom. The Kier molecular flexibility index (Phi) is 3.09. The number of ether oxygens (including phenoxy) is 1. The Balaban J connectivity index is 2.79. The highest BCUT2D eigenvalue weighted by atomic mass is 19.3. The molecule has 0 fully saturated rings. The van der Waals surface area contributed by atoms with Crippen molar-refractivity contribution in [2.24, 2.45) is 0 Å². The zero-order chi connectivity index (χ0) is 10.8. The van der Waals surface area contributed by atoms with Crippen LogP contribution in [0.2, 0.25) is 0 Å². The predicted molar refractivity (Wildman–Crippen MR) is 50.6 cm³/mol. The standard InChI is InChI=1S/C11H13F2O/c1-11(2,3)8-4-6-9(7-5-8)14-10(12)13/h4-6,10H,1-3H3. The lowest BCUT2D eigenvalue weighted by Crippen LogP contribution is -2.11. The second kappa shape index (κ2) is 3.95. The van der Waals surface area contributed by atoms with E-state index in [1.165, 1.54) is 6.07 Å². The van der Waals surface area contributed by atoms with Crippen LogP contribution >= 0.6 is 0 Å². The van der Waals surface area contributed by atoms with Crippen molar-refractivity contribution in [1.82, 2.24) is 0 Å². The van der Waals surface area contributed by atoms with Gasteiger partial charge in [-0.05, 0) is 23.1 Å². The molecule has 0 amide bonds. The van der Waals surface area contributed by atoms with Crippen molar-refractivity contribution in [1.29, 1.82) is 0 Å². The van der Waals surface area contributed by atoms with E-state index in [2.05, 4.69) is 10.8 Å². The highest BCUT2D eigenvalue weighted by molar-refractivity contribution is 5.29. The molecule has 0 bridgehead atoms. The summed E-state index contributed by atoms with van der Waals surface area (Å²) in [5.74, 6) is 0.0769. The van der Waals surface area contributed by atoms with Crippen LogP contribution in [0.25, 0.3) is 0 Å². The highest BCUT2D eigenvalue weighted by Gasteiger charge is 2.13. The van der Waals surface area contributed by atoms with E-state index < -0.39 is 6.61 Å². The SMILES string of the molecule is CC(C)(C)c1c[c]c(OC(F)F)cc1. The molecule has 77 valence electrons. The summed E-state index contributed by atoms with van der Waals surface area (Å²) in [7, 11) is 0. The van der Waals surface area contributed by atoms with Gasteiger partial charge >= 0.3 is 6.61 Å². The van der Waals surface area contributed by atoms with Crippen molar-refractivity contribution >= 4 is 0 Å². The van der Waals surface area contributed by atoms with Gasteiger partial charge in [-0.2, -0.15) is 8.78 Å². The first kappa shape index (κ1) is 11.0. The summed E-state index contributed by atoms with van der Waals surface area (Å²) in [4.78, 5) is 0. The van der Waals surface area contributed by atoms with Gasteiger partial charge in [-0.15, -0.1) is 0 Å². The number of alkyl halides is 2. The van der Waals surface area contributed by atoms with Crippen LogP contribution in [0.15, 0.2) is 18.2 Å². The summed E-state index contributed by atoms with van der Waals surface area (Å²) in [6.45, 7) is 3.35. The van der Waals surface area contributed by atoms with Crippen LogP contribution in [0.5, 0.6) is 5.75 Å². The Labute approximate surface area is 82.7 Å². The van der Waals surface area contributed by atoms with E-state index in [0.717, 1.165) is 5.56 Å². The zero-order valence-electron chi connectivity index (χ0n) is 8.47. The number of hydrogen-bond donors (Lipinski definition) is 0. The first-order chi connectivity index (χ1) is 6.39. The molecular weight excluding hydrogens is 186 g/mol. The second-order valence-corrected chi connectivity index (χ2v) is 4.07. The first-order valence-electron chi connectivity index (χ1n) is 4.36. The van der Waals surface area contributed by atoms with Gasteiger partial charge in [0, 0.05) is 6.07 Å². The molecule has 0 aliphatic heterocycles. The molecule has 0 heterocycles. The van der Waals surface area contributed by atoms with Crippen molar-refractivity contribution in [3.8, 4) is 5.75 Å². The van der Waals surface area contributed by atoms with Gasteiger partial charge in [0.05, 0.1) is 0 Å². The van der Waals surface area contributed by atoms with Crippen molar-refractivity contribution in [2.75, 3.05) is 0 Å². The van der Waals surface area contributed by atoms with Crippen LogP contribution in [0.3, 0.4) is 0 Å². The van der Waals surface area contributed by atoms with Crippen LogP contribution in [-0.2, 0) is 5.41 Å². The van der Waals surface area contributed by atoms with Crippen LogP contribution in [0, 0.1) is 6.07 Å². The lowest BCUT2D eigenvalue weighted by atomic mass is 9.87. The molecule has 1 rings (SSSR count). The maximum atomic E-state index is 11.8. The van der Waals surface area contributed by atoms with E-state index in [9.17, 15) is 8.78 Å². The molecule has 3 heteroatoms. The van der Waals surface area contributed by atoms with E-state index in [0.29, 0.717) is 0 Å². The molecule has 0 aromatic heterocycles. The fourth-order valence-electron chi connectivity index (χ4n) is 1.05.